The average molecular weight is 297 g/mol. The third-order valence-corrected chi connectivity index (χ3v) is 5.05. The predicted molar refractivity (Wildman–Crippen MR) is 85.3 cm³/mol. The fraction of sp³-hybridized carbons (Fsp3) is 0.714. The Hall–Kier alpha value is -0.420. The molecule has 0 aliphatic heterocycles. The fourth-order valence-corrected chi connectivity index (χ4v) is 3.82. The number of nitrogens with zero attached hydrogens (tertiary/aromatic N) is 2. The van der Waals surface area contributed by atoms with Gasteiger partial charge in [-0.1, -0.05) is 31.5 Å². The molecule has 5 heteroatoms. The van der Waals surface area contributed by atoms with Gasteiger partial charge in [0.2, 0.25) is 0 Å². The van der Waals surface area contributed by atoms with Crippen LogP contribution in [0.2, 0.25) is 0 Å². The summed E-state index contributed by atoms with van der Waals surface area (Å²) in [5, 5.41) is 5.35. The molecule has 0 spiro atoms. The summed E-state index contributed by atoms with van der Waals surface area (Å²) in [7, 11) is 0. The highest BCUT2D eigenvalue weighted by molar-refractivity contribution is 7.99. The predicted octanol–water partition coefficient (Wildman–Crippen LogP) is 4.30. The van der Waals surface area contributed by atoms with Crippen molar-refractivity contribution in [3.63, 3.8) is 0 Å². The molecule has 3 nitrogen and oxygen atoms in total. The topological polar surface area (TPSA) is 37.8 Å². The molecule has 1 fully saturated rings. The Morgan fingerprint density at radius 2 is 2.11 bits per heavy atom. The first-order valence-corrected chi connectivity index (χ1v) is 9.32. The Balaban J connectivity index is 1.96. The second-order valence-corrected chi connectivity index (χ2v) is 6.78. The molecule has 1 saturated carbocycles. The van der Waals surface area contributed by atoms with Crippen molar-refractivity contribution < 1.29 is 0 Å². The highest BCUT2D eigenvalue weighted by Gasteiger charge is 2.15. The molecule has 0 saturated heterocycles. The van der Waals surface area contributed by atoms with E-state index in [0.717, 1.165) is 34.9 Å². The van der Waals surface area contributed by atoms with E-state index in [4.69, 9.17) is 0 Å². The van der Waals surface area contributed by atoms with Crippen molar-refractivity contribution in [1.29, 1.82) is 0 Å². The average Bonchev–Trinajstić information content (AvgIpc) is 2.96. The third-order valence-electron chi connectivity index (χ3n) is 3.36. The lowest BCUT2D eigenvalue weighted by Crippen LogP contribution is -2.04. The first kappa shape index (κ1) is 15.0. The molecule has 0 unspecified atom stereocenters. The van der Waals surface area contributed by atoms with Crippen LogP contribution in [-0.2, 0) is 0 Å². The van der Waals surface area contributed by atoms with Gasteiger partial charge >= 0.3 is 0 Å². The summed E-state index contributed by atoms with van der Waals surface area (Å²) < 4.78 is 0. The highest BCUT2D eigenvalue weighted by Crippen LogP contribution is 2.31. The molecular weight excluding hydrogens is 274 g/mol. The van der Waals surface area contributed by atoms with Crippen LogP contribution in [0.25, 0.3) is 0 Å². The van der Waals surface area contributed by atoms with Crippen LogP contribution in [0.15, 0.2) is 16.2 Å². The van der Waals surface area contributed by atoms with E-state index in [1.54, 1.807) is 11.8 Å². The molecule has 106 valence electrons. The smallest absolute Gasteiger partial charge is 0.190 e. The second-order valence-electron chi connectivity index (χ2n) is 4.97. The quantitative estimate of drug-likeness (QED) is 0.461. The summed E-state index contributed by atoms with van der Waals surface area (Å²) in [6.07, 6.45) is 8.76. The number of hydrogen-bond acceptors (Lipinski definition) is 5. The van der Waals surface area contributed by atoms with E-state index >= 15 is 0 Å². The van der Waals surface area contributed by atoms with Crippen LogP contribution in [-0.4, -0.2) is 28.5 Å². The van der Waals surface area contributed by atoms with Crippen molar-refractivity contribution in [1.82, 2.24) is 9.97 Å². The van der Waals surface area contributed by atoms with Crippen LogP contribution in [0.5, 0.6) is 0 Å². The van der Waals surface area contributed by atoms with Crippen molar-refractivity contribution in [2.45, 2.75) is 49.2 Å². The minimum absolute atomic E-state index is 0.870. The molecule has 0 bridgehead atoms. The summed E-state index contributed by atoms with van der Waals surface area (Å²) in [5.74, 6) is 3.07. The molecule has 1 aliphatic carbocycles. The maximum absolute atomic E-state index is 4.60. The largest absolute Gasteiger partial charge is 0.370 e. The Labute approximate surface area is 124 Å². The minimum Gasteiger partial charge on any atom is -0.370 e. The maximum Gasteiger partial charge on any atom is 0.190 e. The number of rotatable bonds is 7. The van der Waals surface area contributed by atoms with E-state index in [2.05, 4.69) is 28.3 Å². The van der Waals surface area contributed by atoms with Gasteiger partial charge in [0, 0.05) is 18.4 Å². The molecule has 0 aromatic carbocycles. The molecule has 1 aliphatic rings. The van der Waals surface area contributed by atoms with E-state index in [9.17, 15) is 0 Å². The van der Waals surface area contributed by atoms with Gasteiger partial charge in [-0.05, 0) is 31.4 Å². The van der Waals surface area contributed by atoms with E-state index < -0.39 is 0 Å². The first-order chi connectivity index (χ1) is 9.31. The SMILES string of the molecule is CCCNc1cc(SCC2CCCC2)nc(SC)n1. The van der Waals surface area contributed by atoms with Gasteiger partial charge in [-0.2, -0.15) is 0 Å². The van der Waals surface area contributed by atoms with Gasteiger partial charge in [-0.3, -0.25) is 0 Å². The minimum atomic E-state index is 0.870. The number of hydrogen-bond donors (Lipinski definition) is 1. The highest BCUT2D eigenvalue weighted by atomic mass is 32.2. The molecule has 0 atom stereocenters. The van der Waals surface area contributed by atoms with Crippen LogP contribution in [0.4, 0.5) is 5.82 Å². The summed E-state index contributed by atoms with van der Waals surface area (Å²) >= 11 is 3.50. The lowest BCUT2D eigenvalue weighted by Gasteiger charge is -2.10. The van der Waals surface area contributed by atoms with Gasteiger partial charge in [0.15, 0.2) is 5.16 Å². The van der Waals surface area contributed by atoms with Gasteiger partial charge in [-0.15, -0.1) is 11.8 Å². The molecule has 0 amide bonds. The second kappa shape index (κ2) is 8.00. The zero-order chi connectivity index (χ0) is 13.5. The summed E-state index contributed by atoms with van der Waals surface area (Å²) in [6, 6.07) is 2.09. The van der Waals surface area contributed by atoms with Gasteiger partial charge in [0.25, 0.3) is 0 Å². The van der Waals surface area contributed by atoms with Crippen molar-refractivity contribution in [3.05, 3.63) is 6.07 Å². The number of thioether (sulfide) groups is 2. The molecule has 1 heterocycles. The standard InChI is InChI=1S/C14H23N3S2/c1-3-8-15-12-9-13(17-14(16-12)18-2)19-10-11-6-4-5-7-11/h9,11H,3-8,10H2,1-2H3,(H,15,16,17). The first-order valence-electron chi connectivity index (χ1n) is 7.11. The number of nitrogens with one attached hydrogen (secondary N) is 1. The molecule has 1 N–H and O–H groups in total. The van der Waals surface area contributed by atoms with Crippen LogP contribution in [0, 0.1) is 5.92 Å². The van der Waals surface area contributed by atoms with E-state index in [-0.39, 0.29) is 0 Å². The van der Waals surface area contributed by atoms with Crippen LogP contribution in [0.1, 0.15) is 39.0 Å². The lowest BCUT2D eigenvalue weighted by atomic mass is 10.1. The summed E-state index contributed by atoms with van der Waals surface area (Å²) in [6.45, 7) is 3.14. The van der Waals surface area contributed by atoms with E-state index in [1.165, 1.54) is 31.4 Å². The third kappa shape index (κ3) is 4.88. The molecule has 2 rings (SSSR count). The molecule has 19 heavy (non-hydrogen) atoms. The molecule has 0 radical (unpaired) electrons. The Morgan fingerprint density at radius 3 is 2.79 bits per heavy atom. The Morgan fingerprint density at radius 1 is 1.32 bits per heavy atom. The normalized spacial score (nSPS) is 15.9. The van der Waals surface area contributed by atoms with Crippen LogP contribution < -0.4 is 5.32 Å². The van der Waals surface area contributed by atoms with Gasteiger partial charge < -0.3 is 5.32 Å². The summed E-state index contributed by atoms with van der Waals surface area (Å²) in [5.41, 5.74) is 0. The summed E-state index contributed by atoms with van der Waals surface area (Å²) in [4.78, 5) is 9.09. The molecular formula is C14H23N3S2. The van der Waals surface area contributed by atoms with Crippen molar-refractivity contribution in [2.75, 3.05) is 23.9 Å². The van der Waals surface area contributed by atoms with Gasteiger partial charge in [0.1, 0.15) is 10.8 Å². The maximum atomic E-state index is 4.60. The van der Waals surface area contributed by atoms with Crippen molar-refractivity contribution in [2.24, 2.45) is 5.92 Å². The van der Waals surface area contributed by atoms with Crippen molar-refractivity contribution in [3.8, 4) is 0 Å². The van der Waals surface area contributed by atoms with Crippen LogP contribution >= 0.6 is 23.5 Å². The van der Waals surface area contributed by atoms with E-state index in [0.29, 0.717) is 0 Å². The van der Waals surface area contributed by atoms with E-state index in [1.807, 2.05) is 18.0 Å². The van der Waals surface area contributed by atoms with Gasteiger partial charge in [-0.25, -0.2) is 9.97 Å². The molecule has 1 aromatic heterocycles. The zero-order valence-electron chi connectivity index (χ0n) is 11.8. The Bertz CT molecular complexity index is 392. The molecule has 1 aromatic rings. The van der Waals surface area contributed by atoms with Crippen molar-refractivity contribution >= 4 is 29.3 Å². The number of anilines is 1. The zero-order valence-corrected chi connectivity index (χ0v) is 13.4. The number of aromatic nitrogens is 2. The van der Waals surface area contributed by atoms with Gasteiger partial charge in [0.05, 0.1) is 0 Å². The van der Waals surface area contributed by atoms with Crippen LogP contribution in [0.3, 0.4) is 0 Å². The monoisotopic (exact) mass is 297 g/mol. The lowest BCUT2D eigenvalue weighted by molar-refractivity contribution is 0.622. The fourth-order valence-electron chi connectivity index (χ4n) is 2.29. The Kier molecular flexibility index (Phi) is 6.31.